The first-order valence-corrected chi connectivity index (χ1v) is 32.3. The highest BCUT2D eigenvalue weighted by Gasteiger charge is 2.59. The number of hydrogen-bond acceptors (Lipinski definition) is 22. The summed E-state index contributed by atoms with van der Waals surface area (Å²) < 4.78 is 82.5. The molecule has 0 unspecified atom stereocenters. The van der Waals surface area contributed by atoms with Gasteiger partial charge in [-0.1, -0.05) is 188 Å². The molecule has 2 aliphatic rings. The van der Waals surface area contributed by atoms with Gasteiger partial charge in [0.1, 0.15) is 44.7 Å². The molecular formula is C79H67NO22. The zero-order valence-corrected chi connectivity index (χ0v) is 54.3. The molecule has 1 N–H and O–H groups in total. The molecule has 0 saturated carbocycles. The average molecular weight is 1380 g/mol. The molecule has 0 aliphatic carbocycles. The van der Waals surface area contributed by atoms with Crippen molar-refractivity contribution in [2.45, 2.75) is 80.7 Å². The molecule has 1 amide bonds. The van der Waals surface area contributed by atoms with E-state index in [0.717, 1.165) is 0 Å². The smallest absolute Gasteiger partial charge is 0.408 e. The van der Waals surface area contributed by atoms with Gasteiger partial charge in [0.25, 0.3) is 0 Å². The maximum absolute atomic E-state index is 15.0. The van der Waals surface area contributed by atoms with Crippen LogP contribution in [0.1, 0.15) is 83.6 Å². The molecule has 11 rings (SSSR count). The Kier molecular flexibility index (Phi) is 24.8. The summed E-state index contributed by atoms with van der Waals surface area (Å²) in [6.45, 7) is -3.06. The van der Waals surface area contributed by atoms with Crippen molar-refractivity contribution in [1.82, 2.24) is 5.32 Å². The molecule has 0 aromatic heterocycles. The van der Waals surface area contributed by atoms with Gasteiger partial charge in [0.2, 0.25) is 0 Å². The van der Waals surface area contributed by atoms with Crippen LogP contribution in [0, 0.1) is 0 Å². The molecule has 2 fully saturated rings. The van der Waals surface area contributed by atoms with Gasteiger partial charge in [0.05, 0.1) is 45.6 Å². The van der Waals surface area contributed by atoms with Crippen molar-refractivity contribution in [2.75, 3.05) is 19.8 Å². The van der Waals surface area contributed by atoms with Crippen LogP contribution in [-0.2, 0) is 79.6 Å². The van der Waals surface area contributed by atoms with Crippen molar-refractivity contribution in [3.63, 3.8) is 0 Å². The molecule has 2 heterocycles. The van der Waals surface area contributed by atoms with Crippen LogP contribution < -0.4 is 5.32 Å². The number of carbonyl (C=O) groups excluding carboxylic acids is 9. The third kappa shape index (κ3) is 19.4. The lowest BCUT2D eigenvalue weighted by Gasteiger charge is -2.49. The molecule has 0 radical (unpaired) electrons. The second-order valence-corrected chi connectivity index (χ2v) is 23.0. The fraction of sp³-hybridized carbons (Fsp3) is 0.203. The summed E-state index contributed by atoms with van der Waals surface area (Å²) in [4.78, 5) is 130. The van der Waals surface area contributed by atoms with E-state index in [2.05, 4.69) is 5.32 Å². The van der Waals surface area contributed by atoms with Gasteiger partial charge in [-0.05, 0) is 96.1 Å². The van der Waals surface area contributed by atoms with Crippen LogP contribution in [0.3, 0.4) is 0 Å². The van der Waals surface area contributed by atoms with Crippen LogP contribution in [0.2, 0.25) is 0 Å². The van der Waals surface area contributed by atoms with E-state index in [1.807, 2.05) is 0 Å². The number of benzene rings is 9. The Bertz CT molecular complexity index is 4240. The van der Waals surface area contributed by atoms with E-state index in [4.69, 9.17) is 61.6 Å². The maximum Gasteiger partial charge on any atom is 0.408 e. The van der Waals surface area contributed by atoms with Gasteiger partial charge in [0, 0.05) is 0 Å². The first-order chi connectivity index (χ1) is 49.8. The fourth-order valence-electron chi connectivity index (χ4n) is 10.8. The molecule has 9 aromatic rings. The number of alkyl carbamates (subject to hydrolysis) is 1. The minimum absolute atomic E-state index is 0.000718. The third-order valence-corrected chi connectivity index (χ3v) is 16.0. The van der Waals surface area contributed by atoms with Gasteiger partial charge in [-0.3, -0.25) is 0 Å². The quantitative estimate of drug-likeness (QED) is 0.0370. The number of ether oxygens (including phenoxy) is 13. The first-order valence-electron chi connectivity index (χ1n) is 32.3. The van der Waals surface area contributed by atoms with E-state index in [-0.39, 0.29) is 52.2 Å². The van der Waals surface area contributed by atoms with Crippen LogP contribution in [-0.4, -0.2) is 141 Å². The fourth-order valence-corrected chi connectivity index (χ4v) is 10.8. The summed E-state index contributed by atoms with van der Waals surface area (Å²) in [5, 5.41) is 2.50. The monoisotopic (exact) mass is 1380 g/mol. The second kappa shape index (κ2) is 35.6. The average Bonchev–Trinajstić information content (AvgIpc) is 0.761. The maximum atomic E-state index is 15.0. The Hall–Kier alpha value is -12.2. The van der Waals surface area contributed by atoms with Crippen molar-refractivity contribution >= 4 is 53.8 Å². The van der Waals surface area contributed by atoms with Crippen LogP contribution in [0.5, 0.6) is 0 Å². The Balaban J connectivity index is 1.05. The number of hydrogen-bond donors (Lipinski definition) is 1. The molecule has 2 aliphatic heterocycles. The van der Waals surface area contributed by atoms with E-state index in [0.29, 0.717) is 11.1 Å². The van der Waals surface area contributed by atoms with E-state index < -0.39 is 141 Å². The largest absolute Gasteiger partial charge is 0.459 e. The lowest BCUT2D eigenvalue weighted by Crippen LogP contribution is -2.67. The van der Waals surface area contributed by atoms with Crippen LogP contribution in [0.15, 0.2) is 273 Å². The van der Waals surface area contributed by atoms with Gasteiger partial charge in [-0.25, -0.2) is 43.2 Å². The molecule has 520 valence electrons. The highest BCUT2D eigenvalue weighted by atomic mass is 16.8. The van der Waals surface area contributed by atoms with Gasteiger partial charge < -0.3 is 66.9 Å². The van der Waals surface area contributed by atoms with Crippen molar-refractivity contribution in [2.24, 2.45) is 0 Å². The Morgan fingerprint density at radius 3 is 0.961 bits per heavy atom. The lowest BCUT2D eigenvalue weighted by molar-refractivity contribution is -0.356. The first kappa shape index (κ1) is 71.1. The van der Waals surface area contributed by atoms with E-state index in [1.165, 1.54) is 97.1 Å². The number of esters is 8. The molecule has 0 spiro atoms. The Labute approximate surface area is 584 Å². The van der Waals surface area contributed by atoms with Gasteiger partial charge >= 0.3 is 53.8 Å². The standard InChI is InChI=1S/C79H67NO22/c81-69(53-32-14-3-15-33-53)91-49-61-63(97-71(83)55-36-18-5-19-37-55)65(98-72(84)56-38-20-6-21-39-56)68(101-75(87)59-44-26-9-27-45-59)78(96-61)102-64-62(50-92-70(82)54-34-16-4-17-35-54)95-77(67(100-74(86)58-42-24-8-25-43-58)66(64)99-73(85)57-40-22-7-23-41-57)93-48-60(76(88)90-46-51-28-10-1-11-29-51)80-79(89)94-47-52-30-12-2-13-31-52/h1-45,60-68,77-78H,46-50H2,(H,80,89)/t60-,61+,62+,63-,64+,65-,66-,67+,68+,77+,78-/m0/s1. The number of rotatable bonds is 27. The van der Waals surface area contributed by atoms with Crippen molar-refractivity contribution in [3.05, 3.63) is 323 Å². The molecule has 23 heteroatoms. The molecule has 0 bridgehead atoms. The Morgan fingerprint density at radius 1 is 0.304 bits per heavy atom. The zero-order chi connectivity index (χ0) is 71.0. The minimum atomic E-state index is -2.20. The van der Waals surface area contributed by atoms with Crippen LogP contribution in [0.25, 0.3) is 0 Å². The SMILES string of the molecule is O=C(N[C@@H](CO[C@@H]1O[C@H](COC(=O)c2ccccc2)[C@@H](O[C@@H]2O[C@H](COC(=O)c3ccccc3)[C@H](OC(=O)c3ccccc3)[C@H](OC(=O)c3ccccc3)[C@H]2OC(=O)c2ccccc2)[C@H](OC(=O)c2ccccc2)[C@H]1OC(=O)c1ccccc1)C(=O)OCc1ccccc1)OCc1ccccc1. The highest BCUT2D eigenvalue weighted by molar-refractivity contribution is 5.93. The van der Waals surface area contributed by atoms with Crippen molar-refractivity contribution < 1.29 is 105 Å². The molecule has 11 atom stereocenters. The summed E-state index contributed by atoms with van der Waals surface area (Å²) in [7, 11) is 0. The predicted molar refractivity (Wildman–Crippen MR) is 360 cm³/mol. The number of amides is 1. The molecular weight excluding hydrogens is 1310 g/mol. The summed E-state index contributed by atoms with van der Waals surface area (Å²) in [6, 6.07) is 69.0. The van der Waals surface area contributed by atoms with Crippen molar-refractivity contribution in [1.29, 1.82) is 0 Å². The summed E-state index contributed by atoms with van der Waals surface area (Å²) in [6.07, 6.45) is -21.1. The second-order valence-electron chi connectivity index (χ2n) is 23.0. The Morgan fingerprint density at radius 2 is 0.588 bits per heavy atom. The van der Waals surface area contributed by atoms with Crippen LogP contribution in [0.4, 0.5) is 4.79 Å². The minimum Gasteiger partial charge on any atom is -0.459 e. The molecule has 102 heavy (non-hydrogen) atoms. The molecule has 2 saturated heterocycles. The van der Waals surface area contributed by atoms with Gasteiger partial charge in [0.15, 0.2) is 49.1 Å². The molecule has 23 nitrogen and oxygen atoms in total. The number of nitrogens with one attached hydrogen (secondary N) is 1. The van der Waals surface area contributed by atoms with Gasteiger partial charge in [-0.2, -0.15) is 0 Å². The normalized spacial score (nSPS) is 20.1. The van der Waals surface area contributed by atoms with Gasteiger partial charge in [-0.15, -0.1) is 0 Å². The van der Waals surface area contributed by atoms with E-state index in [9.17, 15) is 38.4 Å². The van der Waals surface area contributed by atoms with E-state index >= 15 is 4.79 Å². The van der Waals surface area contributed by atoms with Crippen molar-refractivity contribution in [3.8, 4) is 0 Å². The van der Waals surface area contributed by atoms with E-state index in [1.54, 1.807) is 176 Å². The predicted octanol–water partition coefficient (Wildman–Crippen LogP) is 10.7. The van der Waals surface area contributed by atoms with Crippen LogP contribution >= 0.6 is 0 Å². The third-order valence-electron chi connectivity index (χ3n) is 16.0. The summed E-state index contributed by atoms with van der Waals surface area (Å²) in [5.41, 5.74) is 1.09. The lowest BCUT2D eigenvalue weighted by atomic mass is 9.95. The highest BCUT2D eigenvalue weighted by Crippen LogP contribution is 2.38. The number of carbonyl (C=O) groups is 9. The molecule has 9 aromatic carbocycles. The topological polar surface area (TPSA) is 286 Å². The summed E-state index contributed by atoms with van der Waals surface area (Å²) in [5.74, 6) is -8.18. The summed E-state index contributed by atoms with van der Waals surface area (Å²) >= 11 is 0. The zero-order valence-electron chi connectivity index (χ0n) is 54.3.